The SMILES string of the molecule is CC#CCSc1c(-c2ccccc2)nc2nc3cccccc3n12. The first kappa shape index (κ1) is 14.8. The Labute approximate surface area is 144 Å². The highest BCUT2D eigenvalue weighted by atomic mass is 32.2. The smallest absolute Gasteiger partial charge is 0.236 e. The van der Waals surface area contributed by atoms with Crippen LogP contribution in [0.5, 0.6) is 0 Å². The number of rotatable bonds is 3. The third kappa shape index (κ3) is 2.53. The first-order valence-electron chi connectivity index (χ1n) is 7.73. The lowest BCUT2D eigenvalue weighted by Crippen LogP contribution is -1.87. The van der Waals surface area contributed by atoms with Gasteiger partial charge in [0.1, 0.15) is 10.7 Å². The van der Waals surface area contributed by atoms with Crippen molar-refractivity contribution in [1.82, 2.24) is 14.4 Å². The average Bonchev–Trinajstić information content (AvgIpc) is 3.03. The van der Waals surface area contributed by atoms with E-state index in [1.165, 1.54) is 0 Å². The van der Waals surface area contributed by atoms with Gasteiger partial charge < -0.3 is 0 Å². The van der Waals surface area contributed by atoms with Gasteiger partial charge in [-0.3, -0.25) is 4.40 Å². The molecule has 2 aromatic carbocycles. The molecule has 0 spiro atoms. The van der Waals surface area contributed by atoms with E-state index in [1.807, 2.05) is 49.4 Å². The molecule has 2 aromatic heterocycles. The predicted molar refractivity (Wildman–Crippen MR) is 100 cm³/mol. The Balaban J connectivity index is 2.00. The Kier molecular flexibility index (Phi) is 3.94. The minimum absolute atomic E-state index is 0.732. The van der Waals surface area contributed by atoms with Gasteiger partial charge in [0.2, 0.25) is 5.78 Å². The zero-order valence-electron chi connectivity index (χ0n) is 13.2. The van der Waals surface area contributed by atoms with Gasteiger partial charge in [0, 0.05) is 5.56 Å². The summed E-state index contributed by atoms with van der Waals surface area (Å²) in [5, 5.41) is 1.09. The summed E-state index contributed by atoms with van der Waals surface area (Å²) in [6.45, 7) is 1.87. The normalized spacial score (nSPS) is 10.7. The van der Waals surface area contributed by atoms with Crippen LogP contribution in [0.15, 0.2) is 65.7 Å². The lowest BCUT2D eigenvalue weighted by molar-refractivity contribution is 1.11. The minimum atomic E-state index is 0.732. The number of thioether (sulfide) groups is 1. The molecule has 3 nitrogen and oxygen atoms in total. The maximum Gasteiger partial charge on any atom is 0.236 e. The van der Waals surface area contributed by atoms with Gasteiger partial charge in [-0.2, -0.15) is 0 Å². The van der Waals surface area contributed by atoms with Crippen LogP contribution in [0, 0.1) is 11.8 Å². The summed E-state index contributed by atoms with van der Waals surface area (Å²) in [4.78, 5) is 9.49. The number of hydrogen-bond acceptors (Lipinski definition) is 3. The zero-order chi connectivity index (χ0) is 16.4. The van der Waals surface area contributed by atoms with Gasteiger partial charge in [0.05, 0.1) is 16.8 Å². The van der Waals surface area contributed by atoms with E-state index in [2.05, 4.69) is 34.4 Å². The number of hydrogen-bond donors (Lipinski definition) is 0. The Morgan fingerprint density at radius 2 is 1.71 bits per heavy atom. The highest BCUT2D eigenvalue weighted by Gasteiger charge is 2.18. The number of imidazole rings is 2. The predicted octanol–water partition coefficient (Wildman–Crippen LogP) is 4.66. The van der Waals surface area contributed by atoms with Crippen LogP contribution < -0.4 is 0 Å². The van der Waals surface area contributed by atoms with Gasteiger partial charge in [0.25, 0.3) is 0 Å². The number of nitrogens with zero attached hydrogens (tertiary/aromatic N) is 3. The van der Waals surface area contributed by atoms with Crippen molar-refractivity contribution < 1.29 is 0 Å². The van der Waals surface area contributed by atoms with E-state index in [1.54, 1.807) is 11.8 Å². The van der Waals surface area contributed by atoms with E-state index in [0.717, 1.165) is 38.8 Å². The summed E-state index contributed by atoms with van der Waals surface area (Å²) in [6, 6.07) is 20.4. The summed E-state index contributed by atoms with van der Waals surface area (Å²) >= 11 is 1.71. The second kappa shape index (κ2) is 6.38. The fraction of sp³-hybridized carbons (Fsp3) is 0.100. The van der Waals surface area contributed by atoms with Crippen LogP contribution in [-0.4, -0.2) is 20.1 Å². The largest absolute Gasteiger partial charge is 0.269 e. The van der Waals surface area contributed by atoms with Gasteiger partial charge in [-0.1, -0.05) is 66.2 Å². The molecule has 0 atom stereocenters. The molecule has 116 valence electrons. The maximum absolute atomic E-state index is 4.80. The van der Waals surface area contributed by atoms with E-state index in [-0.39, 0.29) is 0 Å². The van der Waals surface area contributed by atoms with Crippen LogP contribution in [0.4, 0.5) is 0 Å². The zero-order valence-corrected chi connectivity index (χ0v) is 14.0. The van der Waals surface area contributed by atoms with Crippen LogP contribution >= 0.6 is 11.8 Å². The molecule has 0 aliphatic carbocycles. The van der Waals surface area contributed by atoms with Crippen molar-refractivity contribution in [1.29, 1.82) is 0 Å². The quantitative estimate of drug-likeness (QED) is 0.404. The molecule has 0 amide bonds. The fourth-order valence-electron chi connectivity index (χ4n) is 2.70. The van der Waals surface area contributed by atoms with Crippen LogP contribution in [-0.2, 0) is 0 Å². The first-order chi connectivity index (χ1) is 11.9. The molecular weight excluding hydrogens is 314 g/mol. The summed E-state index contributed by atoms with van der Waals surface area (Å²) in [6.07, 6.45) is 0. The number of fused-ring (bicyclic) bond motifs is 3. The van der Waals surface area contributed by atoms with Crippen molar-refractivity contribution >= 4 is 28.6 Å². The van der Waals surface area contributed by atoms with Crippen molar-refractivity contribution in [3.63, 3.8) is 0 Å². The lowest BCUT2D eigenvalue weighted by atomic mass is 10.2. The Morgan fingerprint density at radius 1 is 0.958 bits per heavy atom. The summed E-state index contributed by atoms with van der Waals surface area (Å²) < 4.78 is 2.14. The van der Waals surface area contributed by atoms with Gasteiger partial charge >= 0.3 is 0 Å². The molecule has 4 heteroatoms. The maximum atomic E-state index is 4.80. The molecule has 0 N–H and O–H groups in total. The Hall–Kier alpha value is -2.77. The third-order valence-corrected chi connectivity index (χ3v) is 4.71. The number of benzene rings is 1. The molecule has 0 aliphatic heterocycles. The third-order valence-electron chi connectivity index (χ3n) is 3.78. The van der Waals surface area contributed by atoms with Crippen molar-refractivity contribution in [3.8, 4) is 23.1 Å². The van der Waals surface area contributed by atoms with E-state index < -0.39 is 0 Å². The molecule has 2 heterocycles. The second-order valence-electron chi connectivity index (χ2n) is 5.28. The fourth-order valence-corrected chi connectivity index (χ4v) is 3.66. The van der Waals surface area contributed by atoms with Crippen molar-refractivity contribution in [2.45, 2.75) is 11.9 Å². The van der Waals surface area contributed by atoms with E-state index in [9.17, 15) is 0 Å². The standard InChI is InChI=1S/C20H15N3S/c1-2-3-14-24-19-18(15-10-6-4-7-11-15)22-20-21-16-12-8-5-9-13-17(16)23(19)20/h4-13H,14H2,1H3. The molecule has 0 saturated carbocycles. The van der Waals surface area contributed by atoms with Gasteiger partial charge in [-0.15, -0.1) is 5.92 Å². The summed E-state index contributed by atoms with van der Waals surface area (Å²) in [5.41, 5.74) is 4.08. The van der Waals surface area contributed by atoms with Crippen LogP contribution in [0.1, 0.15) is 6.92 Å². The topological polar surface area (TPSA) is 30.2 Å². The highest BCUT2D eigenvalue weighted by molar-refractivity contribution is 7.99. The van der Waals surface area contributed by atoms with Crippen molar-refractivity contribution in [2.75, 3.05) is 5.75 Å². The minimum Gasteiger partial charge on any atom is -0.269 e. The summed E-state index contributed by atoms with van der Waals surface area (Å²) in [5.74, 6) is 7.55. The van der Waals surface area contributed by atoms with Crippen molar-refractivity contribution in [2.24, 2.45) is 0 Å². The average molecular weight is 329 g/mol. The van der Waals surface area contributed by atoms with E-state index in [0.29, 0.717) is 0 Å². The van der Waals surface area contributed by atoms with Crippen LogP contribution in [0.3, 0.4) is 0 Å². The van der Waals surface area contributed by atoms with Gasteiger partial charge in [0.15, 0.2) is 0 Å². The van der Waals surface area contributed by atoms with E-state index in [4.69, 9.17) is 9.97 Å². The second-order valence-corrected chi connectivity index (χ2v) is 6.24. The lowest BCUT2D eigenvalue weighted by Gasteiger charge is -2.02. The summed E-state index contributed by atoms with van der Waals surface area (Å²) in [7, 11) is 0. The van der Waals surface area contributed by atoms with Gasteiger partial charge in [-0.05, 0) is 19.1 Å². The highest BCUT2D eigenvalue weighted by Crippen LogP contribution is 2.34. The molecule has 0 unspecified atom stereocenters. The van der Waals surface area contributed by atoms with Gasteiger partial charge in [-0.25, -0.2) is 9.97 Å². The molecule has 4 aromatic rings. The molecule has 24 heavy (non-hydrogen) atoms. The molecule has 0 radical (unpaired) electrons. The number of aromatic nitrogens is 3. The molecule has 0 bridgehead atoms. The Bertz CT molecular complexity index is 1070. The van der Waals surface area contributed by atoms with Crippen LogP contribution in [0.25, 0.3) is 28.1 Å². The Morgan fingerprint density at radius 3 is 2.50 bits per heavy atom. The molecule has 0 saturated heterocycles. The molecular formula is C20H15N3S. The van der Waals surface area contributed by atoms with Crippen LogP contribution in [0.2, 0.25) is 0 Å². The van der Waals surface area contributed by atoms with Crippen molar-refractivity contribution in [3.05, 3.63) is 60.7 Å². The molecule has 0 aliphatic rings. The van der Waals surface area contributed by atoms with E-state index >= 15 is 0 Å². The monoisotopic (exact) mass is 329 g/mol. The first-order valence-corrected chi connectivity index (χ1v) is 8.72. The molecule has 0 fully saturated rings. The molecule has 4 rings (SSSR count).